The lowest BCUT2D eigenvalue weighted by atomic mass is 10.1. The van der Waals surface area contributed by atoms with Crippen molar-refractivity contribution >= 4 is 5.91 Å². The monoisotopic (exact) mass is 314 g/mol. The quantitative estimate of drug-likeness (QED) is 0.866. The molecule has 1 fully saturated rings. The minimum absolute atomic E-state index is 0.0134. The Hall–Kier alpha value is -2.21. The maximum Gasteiger partial charge on any atom is 0.259 e. The Morgan fingerprint density at radius 1 is 1.26 bits per heavy atom. The highest BCUT2D eigenvalue weighted by Gasteiger charge is 2.28. The first kappa shape index (κ1) is 15.7. The normalized spacial score (nSPS) is 15.8. The van der Waals surface area contributed by atoms with Gasteiger partial charge in [-0.2, -0.15) is 0 Å². The highest BCUT2D eigenvalue weighted by Crippen LogP contribution is 2.25. The topological polar surface area (TPSA) is 62.5 Å². The van der Waals surface area contributed by atoms with E-state index in [9.17, 15) is 4.79 Å². The fraction of sp³-hybridized carbons (Fsp3) is 0.471. The summed E-state index contributed by atoms with van der Waals surface area (Å²) < 4.78 is 5.27. The summed E-state index contributed by atoms with van der Waals surface area (Å²) in [5, 5.41) is 4.05. The number of pyridine rings is 1. The van der Waals surface area contributed by atoms with Gasteiger partial charge in [-0.25, -0.2) is 0 Å². The molecule has 0 saturated carbocycles. The van der Waals surface area contributed by atoms with Crippen molar-refractivity contribution in [2.45, 2.75) is 20.3 Å². The number of piperazine rings is 1. The second kappa shape index (κ2) is 6.91. The van der Waals surface area contributed by atoms with Crippen LogP contribution in [0.4, 0.5) is 0 Å². The average molecular weight is 314 g/mol. The second-order valence-corrected chi connectivity index (χ2v) is 5.81. The van der Waals surface area contributed by atoms with Gasteiger partial charge >= 0.3 is 0 Å². The Kier molecular flexibility index (Phi) is 4.71. The SMILES string of the molecule is CCCN1CCN(C(=O)c2c(-c3ccccn3)noc2C)CC1. The van der Waals surface area contributed by atoms with Crippen molar-refractivity contribution in [1.82, 2.24) is 19.9 Å². The number of carbonyl (C=O) groups excluding carboxylic acids is 1. The standard InChI is InChI=1S/C17H22N4O2/c1-3-8-20-9-11-21(12-10-20)17(22)15-13(2)23-19-16(15)14-6-4-5-7-18-14/h4-7H,3,8-12H2,1-2H3. The first-order valence-corrected chi connectivity index (χ1v) is 8.10. The van der Waals surface area contributed by atoms with Gasteiger partial charge in [0.15, 0.2) is 0 Å². The number of aryl methyl sites for hydroxylation is 1. The molecule has 0 radical (unpaired) electrons. The van der Waals surface area contributed by atoms with Gasteiger partial charge in [-0.3, -0.25) is 14.7 Å². The first-order valence-electron chi connectivity index (χ1n) is 8.10. The van der Waals surface area contributed by atoms with Crippen LogP contribution in [0, 0.1) is 6.92 Å². The smallest absolute Gasteiger partial charge is 0.259 e. The third kappa shape index (κ3) is 3.27. The van der Waals surface area contributed by atoms with Crippen LogP contribution in [0.1, 0.15) is 29.5 Å². The van der Waals surface area contributed by atoms with Crippen LogP contribution >= 0.6 is 0 Å². The predicted octanol–water partition coefficient (Wildman–Crippen LogP) is 2.21. The van der Waals surface area contributed by atoms with E-state index in [1.54, 1.807) is 13.1 Å². The van der Waals surface area contributed by atoms with E-state index in [2.05, 4.69) is 22.0 Å². The second-order valence-electron chi connectivity index (χ2n) is 5.81. The molecule has 1 amide bonds. The van der Waals surface area contributed by atoms with Crippen LogP contribution in [0.5, 0.6) is 0 Å². The Labute approximate surface area is 136 Å². The van der Waals surface area contributed by atoms with Crippen molar-refractivity contribution in [1.29, 1.82) is 0 Å². The number of carbonyl (C=O) groups is 1. The van der Waals surface area contributed by atoms with E-state index in [1.165, 1.54) is 0 Å². The summed E-state index contributed by atoms with van der Waals surface area (Å²) in [6, 6.07) is 5.56. The fourth-order valence-corrected chi connectivity index (χ4v) is 2.95. The van der Waals surface area contributed by atoms with Crippen LogP contribution in [-0.2, 0) is 0 Å². The fourth-order valence-electron chi connectivity index (χ4n) is 2.95. The summed E-state index contributed by atoms with van der Waals surface area (Å²) in [7, 11) is 0. The van der Waals surface area contributed by atoms with E-state index in [1.807, 2.05) is 23.1 Å². The Balaban J connectivity index is 1.80. The molecule has 6 nitrogen and oxygen atoms in total. The zero-order valence-electron chi connectivity index (χ0n) is 13.7. The van der Waals surface area contributed by atoms with Crippen molar-refractivity contribution in [3.05, 3.63) is 35.7 Å². The number of hydrogen-bond donors (Lipinski definition) is 0. The molecule has 1 aliphatic rings. The average Bonchev–Trinajstić information content (AvgIpc) is 2.97. The minimum Gasteiger partial charge on any atom is -0.360 e. The van der Waals surface area contributed by atoms with Gasteiger partial charge in [-0.1, -0.05) is 18.1 Å². The molecule has 3 rings (SSSR count). The molecular weight excluding hydrogens is 292 g/mol. The largest absolute Gasteiger partial charge is 0.360 e. The molecule has 23 heavy (non-hydrogen) atoms. The molecule has 0 aliphatic carbocycles. The number of rotatable bonds is 4. The summed E-state index contributed by atoms with van der Waals surface area (Å²) in [5.41, 5.74) is 1.73. The summed E-state index contributed by atoms with van der Waals surface area (Å²) in [4.78, 5) is 21.5. The Morgan fingerprint density at radius 2 is 2.04 bits per heavy atom. The molecule has 0 aromatic carbocycles. The van der Waals surface area contributed by atoms with Crippen molar-refractivity contribution in [2.75, 3.05) is 32.7 Å². The van der Waals surface area contributed by atoms with Crippen LogP contribution < -0.4 is 0 Å². The maximum atomic E-state index is 12.9. The van der Waals surface area contributed by atoms with E-state index < -0.39 is 0 Å². The summed E-state index contributed by atoms with van der Waals surface area (Å²) in [6.07, 6.45) is 2.83. The van der Waals surface area contributed by atoms with Crippen LogP contribution in [0.15, 0.2) is 28.9 Å². The highest BCUT2D eigenvalue weighted by molar-refractivity contribution is 6.00. The van der Waals surface area contributed by atoms with Gasteiger partial charge in [0.05, 0.1) is 5.69 Å². The molecule has 0 spiro atoms. The number of hydrogen-bond acceptors (Lipinski definition) is 5. The zero-order chi connectivity index (χ0) is 16.2. The third-order valence-electron chi connectivity index (χ3n) is 4.18. The van der Waals surface area contributed by atoms with Crippen molar-refractivity contribution in [3.63, 3.8) is 0 Å². The number of aromatic nitrogens is 2. The van der Waals surface area contributed by atoms with Crippen LogP contribution in [0.2, 0.25) is 0 Å². The Bertz CT molecular complexity index is 660. The first-order chi connectivity index (χ1) is 11.2. The summed E-state index contributed by atoms with van der Waals surface area (Å²) in [6.45, 7) is 8.37. The van der Waals surface area contributed by atoms with Gasteiger partial charge in [0.1, 0.15) is 17.0 Å². The molecule has 2 aromatic rings. The van der Waals surface area contributed by atoms with E-state index in [4.69, 9.17) is 4.52 Å². The van der Waals surface area contributed by atoms with Crippen LogP contribution in [-0.4, -0.2) is 58.6 Å². The predicted molar refractivity (Wildman–Crippen MR) is 87.1 cm³/mol. The molecule has 0 atom stereocenters. The number of amides is 1. The van der Waals surface area contributed by atoms with E-state index in [0.29, 0.717) is 22.7 Å². The van der Waals surface area contributed by atoms with Crippen molar-refractivity contribution in [2.24, 2.45) is 0 Å². The molecule has 1 aliphatic heterocycles. The van der Waals surface area contributed by atoms with Gasteiger partial charge in [0, 0.05) is 32.4 Å². The number of nitrogens with zero attached hydrogens (tertiary/aromatic N) is 4. The Morgan fingerprint density at radius 3 is 2.70 bits per heavy atom. The zero-order valence-corrected chi connectivity index (χ0v) is 13.7. The van der Waals surface area contributed by atoms with Gasteiger partial charge < -0.3 is 9.42 Å². The van der Waals surface area contributed by atoms with E-state index in [0.717, 1.165) is 39.1 Å². The third-order valence-corrected chi connectivity index (χ3v) is 4.18. The molecule has 0 bridgehead atoms. The van der Waals surface area contributed by atoms with E-state index >= 15 is 0 Å². The molecule has 122 valence electrons. The molecular formula is C17H22N4O2. The van der Waals surface area contributed by atoms with Gasteiger partial charge in [0.2, 0.25) is 0 Å². The van der Waals surface area contributed by atoms with E-state index in [-0.39, 0.29) is 5.91 Å². The molecule has 3 heterocycles. The lowest BCUT2D eigenvalue weighted by Gasteiger charge is -2.34. The summed E-state index contributed by atoms with van der Waals surface area (Å²) in [5.74, 6) is 0.534. The van der Waals surface area contributed by atoms with Crippen LogP contribution in [0.3, 0.4) is 0 Å². The molecule has 2 aromatic heterocycles. The van der Waals surface area contributed by atoms with Crippen molar-refractivity contribution in [3.8, 4) is 11.4 Å². The van der Waals surface area contributed by atoms with Crippen molar-refractivity contribution < 1.29 is 9.32 Å². The van der Waals surface area contributed by atoms with Crippen LogP contribution in [0.25, 0.3) is 11.4 Å². The molecule has 0 unspecified atom stereocenters. The molecule has 1 saturated heterocycles. The van der Waals surface area contributed by atoms with Gasteiger partial charge in [0.25, 0.3) is 5.91 Å². The minimum atomic E-state index is -0.0134. The van der Waals surface area contributed by atoms with Gasteiger partial charge in [-0.15, -0.1) is 0 Å². The lowest BCUT2D eigenvalue weighted by Crippen LogP contribution is -2.48. The highest BCUT2D eigenvalue weighted by atomic mass is 16.5. The summed E-state index contributed by atoms with van der Waals surface area (Å²) >= 11 is 0. The molecule has 0 N–H and O–H groups in total. The molecule has 6 heteroatoms. The lowest BCUT2D eigenvalue weighted by molar-refractivity contribution is 0.0636. The van der Waals surface area contributed by atoms with Gasteiger partial charge in [-0.05, 0) is 32.0 Å². The maximum absolute atomic E-state index is 12.9.